The first-order valence-corrected chi connectivity index (χ1v) is 6.20. The van der Waals surface area contributed by atoms with Gasteiger partial charge in [0.1, 0.15) is 0 Å². The van der Waals surface area contributed by atoms with Crippen molar-refractivity contribution >= 4 is 5.69 Å². The molecule has 1 atom stereocenters. The summed E-state index contributed by atoms with van der Waals surface area (Å²) in [5, 5.41) is 21.4. The van der Waals surface area contributed by atoms with E-state index in [-0.39, 0.29) is 12.6 Å². The Kier molecular flexibility index (Phi) is 4.17. The molecule has 2 rings (SSSR count). The van der Waals surface area contributed by atoms with Crippen LogP contribution in [0.15, 0.2) is 48.5 Å². The smallest absolute Gasteiger partial charge is 0.0991 e. The summed E-state index contributed by atoms with van der Waals surface area (Å²) < 4.78 is 0. The molecular weight excluding hydrogens is 236 g/mol. The molecule has 96 valence electrons. The highest BCUT2D eigenvalue weighted by Crippen LogP contribution is 2.22. The first-order chi connectivity index (χ1) is 9.24. The fourth-order valence-electron chi connectivity index (χ4n) is 1.96. The van der Waals surface area contributed by atoms with Gasteiger partial charge in [0, 0.05) is 17.3 Å². The average Bonchev–Trinajstić information content (AvgIpc) is 2.48. The van der Waals surface area contributed by atoms with Gasteiger partial charge in [0.25, 0.3) is 0 Å². The number of hydrogen-bond donors (Lipinski definition) is 2. The van der Waals surface area contributed by atoms with Crippen molar-refractivity contribution in [2.24, 2.45) is 0 Å². The highest BCUT2D eigenvalue weighted by Gasteiger charge is 2.07. The van der Waals surface area contributed by atoms with Crippen LogP contribution in [0, 0.1) is 11.3 Å². The van der Waals surface area contributed by atoms with Crippen molar-refractivity contribution in [1.82, 2.24) is 0 Å². The molecule has 0 radical (unpaired) electrons. The number of nitriles is 1. The van der Waals surface area contributed by atoms with Crippen LogP contribution in [0.5, 0.6) is 0 Å². The Labute approximate surface area is 113 Å². The monoisotopic (exact) mass is 252 g/mol. The number of hydrogen-bond acceptors (Lipinski definition) is 3. The van der Waals surface area contributed by atoms with Gasteiger partial charge >= 0.3 is 0 Å². The molecule has 2 aromatic carbocycles. The SMILES string of the molecule is CC(Nc1ccccc1CO)c1ccc(C#N)cc1. The van der Waals surface area contributed by atoms with E-state index in [2.05, 4.69) is 18.3 Å². The summed E-state index contributed by atoms with van der Waals surface area (Å²) in [7, 11) is 0. The molecule has 0 bridgehead atoms. The molecule has 0 saturated carbocycles. The Morgan fingerprint density at radius 2 is 1.84 bits per heavy atom. The number of nitrogens with one attached hydrogen (secondary N) is 1. The van der Waals surface area contributed by atoms with E-state index in [1.54, 1.807) is 0 Å². The lowest BCUT2D eigenvalue weighted by Crippen LogP contribution is -2.08. The standard InChI is InChI=1S/C16H16N2O/c1-12(14-8-6-13(10-17)7-9-14)18-16-5-3-2-4-15(16)11-19/h2-9,12,18-19H,11H2,1H3. The second-order valence-corrected chi connectivity index (χ2v) is 4.42. The predicted octanol–water partition coefficient (Wildman–Crippen LogP) is 3.22. The minimum Gasteiger partial charge on any atom is -0.392 e. The van der Waals surface area contributed by atoms with Crippen molar-refractivity contribution in [3.05, 3.63) is 65.2 Å². The molecule has 0 amide bonds. The van der Waals surface area contributed by atoms with Crippen LogP contribution >= 0.6 is 0 Å². The van der Waals surface area contributed by atoms with E-state index >= 15 is 0 Å². The number of nitrogens with zero attached hydrogens (tertiary/aromatic N) is 1. The van der Waals surface area contributed by atoms with Crippen LogP contribution in [0.2, 0.25) is 0 Å². The lowest BCUT2D eigenvalue weighted by atomic mass is 10.1. The minimum atomic E-state index is 0.0171. The fourth-order valence-corrected chi connectivity index (χ4v) is 1.96. The highest BCUT2D eigenvalue weighted by molar-refractivity contribution is 5.52. The van der Waals surface area contributed by atoms with Gasteiger partial charge in [-0.1, -0.05) is 30.3 Å². The second-order valence-electron chi connectivity index (χ2n) is 4.42. The maximum Gasteiger partial charge on any atom is 0.0991 e. The summed E-state index contributed by atoms with van der Waals surface area (Å²) in [5.41, 5.74) is 3.57. The van der Waals surface area contributed by atoms with Gasteiger partial charge in [0.15, 0.2) is 0 Å². The van der Waals surface area contributed by atoms with Crippen LogP contribution in [-0.2, 0) is 6.61 Å². The largest absolute Gasteiger partial charge is 0.392 e. The van der Waals surface area contributed by atoms with Crippen LogP contribution in [-0.4, -0.2) is 5.11 Å². The van der Waals surface area contributed by atoms with Gasteiger partial charge in [0.2, 0.25) is 0 Å². The topological polar surface area (TPSA) is 56.0 Å². The quantitative estimate of drug-likeness (QED) is 0.878. The zero-order valence-corrected chi connectivity index (χ0v) is 10.8. The van der Waals surface area contributed by atoms with Gasteiger partial charge in [-0.2, -0.15) is 5.26 Å². The summed E-state index contributed by atoms with van der Waals surface area (Å²) in [6.45, 7) is 2.07. The fraction of sp³-hybridized carbons (Fsp3) is 0.188. The molecule has 0 aliphatic heterocycles. The zero-order chi connectivity index (χ0) is 13.7. The molecule has 2 aromatic rings. The van der Waals surface area contributed by atoms with Gasteiger partial charge < -0.3 is 10.4 Å². The van der Waals surface area contributed by atoms with Crippen molar-refractivity contribution < 1.29 is 5.11 Å². The van der Waals surface area contributed by atoms with E-state index in [1.807, 2.05) is 48.5 Å². The van der Waals surface area contributed by atoms with Crippen LogP contribution in [0.4, 0.5) is 5.69 Å². The Hall–Kier alpha value is -2.31. The third-order valence-corrected chi connectivity index (χ3v) is 3.10. The van der Waals surface area contributed by atoms with Crippen molar-refractivity contribution in [2.45, 2.75) is 19.6 Å². The summed E-state index contributed by atoms with van der Waals surface area (Å²) in [4.78, 5) is 0. The maximum absolute atomic E-state index is 9.29. The van der Waals surface area contributed by atoms with E-state index in [4.69, 9.17) is 5.26 Å². The molecule has 0 aromatic heterocycles. The number of benzene rings is 2. The molecule has 3 nitrogen and oxygen atoms in total. The van der Waals surface area contributed by atoms with Crippen molar-refractivity contribution in [1.29, 1.82) is 5.26 Å². The van der Waals surface area contributed by atoms with Crippen LogP contribution in [0.25, 0.3) is 0 Å². The first-order valence-electron chi connectivity index (χ1n) is 6.20. The normalized spacial score (nSPS) is 11.6. The predicted molar refractivity (Wildman–Crippen MR) is 75.6 cm³/mol. The Balaban J connectivity index is 2.16. The number of aliphatic hydroxyl groups is 1. The summed E-state index contributed by atoms with van der Waals surface area (Å²) in [6.07, 6.45) is 0. The van der Waals surface area contributed by atoms with E-state index in [0.29, 0.717) is 5.56 Å². The third-order valence-electron chi connectivity index (χ3n) is 3.10. The van der Waals surface area contributed by atoms with Crippen molar-refractivity contribution in [3.8, 4) is 6.07 Å². The summed E-state index contributed by atoms with van der Waals surface area (Å²) in [6, 6.07) is 17.4. The molecule has 2 N–H and O–H groups in total. The Morgan fingerprint density at radius 1 is 1.16 bits per heavy atom. The second kappa shape index (κ2) is 6.03. The maximum atomic E-state index is 9.29. The first kappa shape index (κ1) is 13.1. The molecular formula is C16H16N2O. The molecule has 0 aliphatic rings. The minimum absolute atomic E-state index is 0.0171. The Morgan fingerprint density at radius 3 is 2.47 bits per heavy atom. The van der Waals surface area contributed by atoms with Crippen molar-refractivity contribution in [3.63, 3.8) is 0 Å². The number of para-hydroxylation sites is 1. The molecule has 0 heterocycles. The summed E-state index contributed by atoms with van der Waals surface area (Å²) >= 11 is 0. The Bertz CT molecular complexity index is 584. The van der Waals surface area contributed by atoms with Gasteiger partial charge in [-0.15, -0.1) is 0 Å². The van der Waals surface area contributed by atoms with E-state index in [9.17, 15) is 5.11 Å². The van der Waals surface area contributed by atoms with E-state index < -0.39 is 0 Å². The van der Waals surface area contributed by atoms with Gasteiger partial charge in [-0.3, -0.25) is 0 Å². The number of rotatable bonds is 4. The summed E-state index contributed by atoms with van der Waals surface area (Å²) in [5.74, 6) is 0. The molecule has 3 heteroatoms. The van der Waals surface area contributed by atoms with E-state index in [1.165, 1.54) is 0 Å². The molecule has 0 fully saturated rings. The zero-order valence-electron chi connectivity index (χ0n) is 10.8. The molecule has 0 spiro atoms. The van der Waals surface area contributed by atoms with Gasteiger partial charge in [-0.25, -0.2) is 0 Å². The lowest BCUT2D eigenvalue weighted by molar-refractivity contribution is 0.282. The van der Waals surface area contributed by atoms with Gasteiger partial charge in [0.05, 0.1) is 18.2 Å². The lowest BCUT2D eigenvalue weighted by Gasteiger charge is -2.18. The molecule has 1 unspecified atom stereocenters. The molecule has 0 saturated heterocycles. The van der Waals surface area contributed by atoms with Crippen LogP contribution < -0.4 is 5.32 Å². The number of anilines is 1. The third kappa shape index (κ3) is 3.12. The van der Waals surface area contributed by atoms with Crippen LogP contribution in [0.3, 0.4) is 0 Å². The molecule has 19 heavy (non-hydrogen) atoms. The van der Waals surface area contributed by atoms with E-state index in [0.717, 1.165) is 16.8 Å². The highest BCUT2D eigenvalue weighted by atomic mass is 16.3. The van der Waals surface area contributed by atoms with Crippen LogP contribution in [0.1, 0.15) is 29.7 Å². The molecule has 0 aliphatic carbocycles. The average molecular weight is 252 g/mol. The number of aliphatic hydroxyl groups excluding tert-OH is 1. The van der Waals surface area contributed by atoms with Gasteiger partial charge in [-0.05, 0) is 30.7 Å². The van der Waals surface area contributed by atoms with Crippen molar-refractivity contribution in [2.75, 3.05) is 5.32 Å².